The van der Waals surface area contributed by atoms with Gasteiger partial charge in [0.1, 0.15) is 0 Å². The Morgan fingerprint density at radius 1 is 1.71 bits per heavy atom. The molecule has 1 aromatic heterocycles. The van der Waals surface area contributed by atoms with Crippen LogP contribution >= 0.6 is 11.3 Å². The van der Waals surface area contributed by atoms with Gasteiger partial charge in [0.2, 0.25) is 0 Å². The van der Waals surface area contributed by atoms with Crippen LogP contribution in [-0.4, -0.2) is 23.4 Å². The number of aliphatic imine (C=N–C) groups is 1. The van der Waals surface area contributed by atoms with Gasteiger partial charge < -0.3 is 10.6 Å². The maximum absolute atomic E-state index is 5.84. The average Bonchev–Trinajstić information content (AvgIpc) is 2.79. The van der Waals surface area contributed by atoms with Gasteiger partial charge in [0.25, 0.3) is 0 Å². The lowest BCUT2D eigenvalue weighted by Crippen LogP contribution is -2.39. The number of rotatable bonds is 3. The van der Waals surface area contributed by atoms with Crippen LogP contribution in [0.15, 0.2) is 22.5 Å². The molecule has 0 aromatic carbocycles. The zero-order valence-electron chi connectivity index (χ0n) is 8.31. The number of hydrogen-bond donors (Lipinski definition) is 1. The first-order valence-electron chi connectivity index (χ1n) is 4.90. The first kappa shape index (κ1) is 9.52. The van der Waals surface area contributed by atoms with Crippen molar-refractivity contribution in [1.29, 1.82) is 0 Å². The van der Waals surface area contributed by atoms with E-state index in [2.05, 4.69) is 34.3 Å². The SMILES string of the molecule is CCC1CN=C(N)N1Cc1cccs1. The summed E-state index contributed by atoms with van der Waals surface area (Å²) >= 11 is 1.77. The van der Waals surface area contributed by atoms with Crippen LogP contribution in [0.1, 0.15) is 18.2 Å². The lowest BCUT2D eigenvalue weighted by atomic mass is 10.2. The van der Waals surface area contributed by atoms with Crippen molar-refractivity contribution in [2.24, 2.45) is 10.7 Å². The van der Waals surface area contributed by atoms with Crippen LogP contribution in [0.25, 0.3) is 0 Å². The molecule has 3 nitrogen and oxygen atoms in total. The van der Waals surface area contributed by atoms with Crippen LogP contribution < -0.4 is 5.73 Å². The molecule has 0 amide bonds. The van der Waals surface area contributed by atoms with E-state index < -0.39 is 0 Å². The van der Waals surface area contributed by atoms with Gasteiger partial charge in [-0.2, -0.15) is 0 Å². The van der Waals surface area contributed by atoms with Crippen molar-refractivity contribution < 1.29 is 0 Å². The monoisotopic (exact) mass is 209 g/mol. The summed E-state index contributed by atoms with van der Waals surface area (Å²) < 4.78 is 0. The minimum atomic E-state index is 0.497. The van der Waals surface area contributed by atoms with E-state index in [0.29, 0.717) is 12.0 Å². The third-order valence-electron chi connectivity index (χ3n) is 2.58. The van der Waals surface area contributed by atoms with E-state index in [4.69, 9.17) is 5.73 Å². The molecule has 1 atom stereocenters. The molecule has 0 saturated carbocycles. The van der Waals surface area contributed by atoms with E-state index >= 15 is 0 Å². The lowest BCUT2D eigenvalue weighted by molar-refractivity contribution is 0.328. The second kappa shape index (κ2) is 4.00. The van der Waals surface area contributed by atoms with E-state index in [1.807, 2.05) is 0 Å². The van der Waals surface area contributed by atoms with Crippen molar-refractivity contribution in [3.63, 3.8) is 0 Å². The van der Waals surface area contributed by atoms with E-state index in [1.165, 1.54) is 4.88 Å². The molecule has 0 fully saturated rings. The maximum Gasteiger partial charge on any atom is 0.191 e. The Balaban J connectivity index is 2.05. The van der Waals surface area contributed by atoms with Crippen molar-refractivity contribution in [3.05, 3.63) is 22.4 Å². The van der Waals surface area contributed by atoms with Gasteiger partial charge >= 0.3 is 0 Å². The van der Waals surface area contributed by atoms with E-state index in [0.717, 1.165) is 19.5 Å². The molecule has 1 unspecified atom stereocenters. The molecule has 1 aliphatic heterocycles. The molecule has 4 heteroatoms. The molecule has 2 rings (SSSR count). The first-order chi connectivity index (χ1) is 6.81. The van der Waals surface area contributed by atoms with E-state index in [-0.39, 0.29) is 0 Å². The van der Waals surface area contributed by atoms with Crippen LogP contribution in [0.5, 0.6) is 0 Å². The third-order valence-corrected chi connectivity index (χ3v) is 3.44. The Hall–Kier alpha value is -1.03. The Kier molecular flexibility index (Phi) is 2.72. The highest BCUT2D eigenvalue weighted by molar-refractivity contribution is 7.09. The fourth-order valence-corrected chi connectivity index (χ4v) is 2.41. The first-order valence-corrected chi connectivity index (χ1v) is 5.78. The predicted molar refractivity (Wildman–Crippen MR) is 60.4 cm³/mol. The fraction of sp³-hybridized carbons (Fsp3) is 0.500. The fourth-order valence-electron chi connectivity index (χ4n) is 1.71. The summed E-state index contributed by atoms with van der Waals surface area (Å²) in [6.07, 6.45) is 1.11. The Labute approximate surface area is 88.3 Å². The van der Waals surface area contributed by atoms with Gasteiger partial charge in [-0.05, 0) is 17.9 Å². The van der Waals surface area contributed by atoms with Gasteiger partial charge in [0, 0.05) is 4.88 Å². The predicted octanol–water partition coefficient (Wildman–Crippen LogP) is 1.66. The second-order valence-corrected chi connectivity index (χ2v) is 4.50. The molecular formula is C10H15N3S. The molecule has 0 radical (unpaired) electrons. The zero-order chi connectivity index (χ0) is 9.97. The molecule has 2 N–H and O–H groups in total. The molecular weight excluding hydrogens is 194 g/mol. The molecule has 2 heterocycles. The van der Waals surface area contributed by atoms with Crippen LogP contribution in [0.2, 0.25) is 0 Å². The van der Waals surface area contributed by atoms with Gasteiger partial charge in [-0.15, -0.1) is 11.3 Å². The van der Waals surface area contributed by atoms with Crippen LogP contribution in [0, 0.1) is 0 Å². The number of hydrogen-bond acceptors (Lipinski definition) is 4. The summed E-state index contributed by atoms with van der Waals surface area (Å²) in [6.45, 7) is 3.94. The van der Waals surface area contributed by atoms with Gasteiger partial charge in [-0.1, -0.05) is 13.0 Å². The molecule has 0 aliphatic carbocycles. The summed E-state index contributed by atoms with van der Waals surface area (Å²) in [5.41, 5.74) is 5.84. The summed E-state index contributed by atoms with van der Waals surface area (Å²) in [5.74, 6) is 0.699. The molecule has 0 bridgehead atoms. The Morgan fingerprint density at radius 2 is 2.57 bits per heavy atom. The topological polar surface area (TPSA) is 41.6 Å². The zero-order valence-corrected chi connectivity index (χ0v) is 9.13. The van der Waals surface area contributed by atoms with Crippen molar-refractivity contribution in [3.8, 4) is 0 Å². The van der Waals surface area contributed by atoms with Gasteiger partial charge in [0.15, 0.2) is 5.96 Å². The van der Waals surface area contributed by atoms with Crippen molar-refractivity contribution in [2.45, 2.75) is 25.9 Å². The lowest BCUT2D eigenvalue weighted by Gasteiger charge is -2.24. The Bertz CT molecular complexity index is 318. The van der Waals surface area contributed by atoms with E-state index in [9.17, 15) is 0 Å². The van der Waals surface area contributed by atoms with Crippen LogP contribution in [0.4, 0.5) is 0 Å². The van der Waals surface area contributed by atoms with Gasteiger partial charge in [-0.25, -0.2) is 0 Å². The standard InChI is InChI=1S/C10H15N3S/c1-2-8-6-12-10(11)13(8)7-9-4-3-5-14-9/h3-5,8H,2,6-7H2,1H3,(H2,11,12). The minimum Gasteiger partial charge on any atom is -0.370 e. The molecule has 1 aliphatic rings. The van der Waals surface area contributed by atoms with Gasteiger partial charge in [-0.3, -0.25) is 4.99 Å². The maximum atomic E-state index is 5.84. The number of nitrogens with two attached hydrogens (primary N) is 1. The quantitative estimate of drug-likeness (QED) is 0.822. The molecule has 14 heavy (non-hydrogen) atoms. The van der Waals surface area contributed by atoms with E-state index in [1.54, 1.807) is 11.3 Å². The number of nitrogens with zero attached hydrogens (tertiary/aromatic N) is 2. The normalized spacial score (nSPS) is 21.4. The Morgan fingerprint density at radius 3 is 3.21 bits per heavy atom. The molecule has 0 spiro atoms. The molecule has 0 saturated heterocycles. The smallest absolute Gasteiger partial charge is 0.191 e. The highest BCUT2D eigenvalue weighted by Gasteiger charge is 2.24. The number of guanidine groups is 1. The number of thiophene rings is 1. The van der Waals surface area contributed by atoms with Crippen molar-refractivity contribution in [1.82, 2.24) is 4.90 Å². The van der Waals surface area contributed by atoms with Crippen molar-refractivity contribution >= 4 is 17.3 Å². The summed E-state index contributed by atoms with van der Waals surface area (Å²) in [6, 6.07) is 4.71. The summed E-state index contributed by atoms with van der Waals surface area (Å²) in [7, 11) is 0. The highest BCUT2D eigenvalue weighted by atomic mass is 32.1. The summed E-state index contributed by atoms with van der Waals surface area (Å²) in [4.78, 5) is 7.83. The van der Waals surface area contributed by atoms with Crippen LogP contribution in [-0.2, 0) is 6.54 Å². The second-order valence-electron chi connectivity index (χ2n) is 3.47. The minimum absolute atomic E-state index is 0.497. The highest BCUT2D eigenvalue weighted by Crippen LogP contribution is 2.18. The van der Waals surface area contributed by atoms with Gasteiger partial charge in [0.05, 0.1) is 19.1 Å². The van der Waals surface area contributed by atoms with Crippen molar-refractivity contribution in [2.75, 3.05) is 6.54 Å². The summed E-state index contributed by atoms with van der Waals surface area (Å²) in [5, 5.41) is 2.10. The molecule has 1 aromatic rings. The van der Waals surface area contributed by atoms with Crippen LogP contribution in [0.3, 0.4) is 0 Å². The molecule has 76 valence electrons. The largest absolute Gasteiger partial charge is 0.370 e. The third kappa shape index (κ3) is 1.75. The average molecular weight is 209 g/mol.